The smallest absolute Gasteiger partial charge is 0.115 e. The summed E-state index contributed by atoms with van der Waals surface area (Å²) in [6.07, 6.45) is 0.250. The van der Waals surface area contributed by atoms with E-state index in [0.717, 1.165) is 16.7 Å². The van der Waals surface area contributed by atoms with Gasteiger partial charge in [-0.1, -0.05) is 78.4 Å². The van der Waals surface area contributed by atoms with Crippen molar-refractivity contribution in [2.24, 2.45) is 0 Å². The zero-order chi connectivity index (χ0) is 19.3. The molecule has 0 radical (unpaired) electrons. The molecule has 0 N–H and O–H groups in total. The molecule has 0 aliphatic carbocycles. The van der Waals surface area contributed by atoms with Crippen molar-refractivity contribution in [2.45, 2.75) is 28.4 Å². The number of halogens is 1. The third kappa shape index (κ3) is 4.13. The Hall–Kier alpha value is -2.41. The van der Waals surface area contributed by atoms with Crippen molar-refractivity contribution in [3.8, 4) is 6.07 Å². The molecule has 136 valence electrons. The van der Waals surface area contributed by atoms with Crippen LogP contribution >= 0.6 is 11.6 Å². The molecule has 0 aromatic heterocycles. The minimum atomic E-state index is -1.42. The van der Waals surface area contributed by atoms with Gasteiger partial charge in [-0.05, 0) is 30.2 Å². The number of alkyl halides is 1. The average Bonchev–Trinajstić information content (AvgIpc) is 2.73. The monoisotopic (exact) mass is 393 g/mol. The van der Waals surface area contributed by atoms with Crippen LogP contribution in [0.3, 0.4) is 0 Å². The number of nitriles is 1. The Morgan fingerprint density at radius 1 is 0.926 bits per heavy atom. The van der Waals surface area contributed by atoms with Gasteiger partial charge in [0.1, 0.15) is 10.1 Å². The van der Waals surface area contributed by atoms with Crippen LogP contribution in [-0.4, -0.2) is 8.92 Å². The second kappa shape index (κ2) is 8.52. The molecule has 4 heteroatoms. The Labute approximate surface area is 167 Å². The van der Waals surface area contributed by atoms with Gasteiger partial charge in [0.15, 0.2) is 0 Å². The molecule has 2 unspecified atom stereocenters. The highest BCUT2D eigenvalue weighted by Gasteiger charge is 2.38. The molecule has 2 atom stereocenters. The van der Waals surface area contributed by atoms with Gasteiger partial charge in [-0.15, -0.1) is 11.6 Å². The quantitative estimate of drug-likeness (QED) is 0.514. The van der Waals surface area contributed by atoms with Crippen LogP contribution in [0.25, 0.3) is 0 Å². The zero-order valence-electron chi connectivity index (χ0n) is 15.0. The summed E-state index contributed by atoms with van der Waals surface area (Å²) >= 11 is 6.62. The first-order chi connectivity index (χ1) is 13.1. The van der Waals surface area contributed by atoms with Gasteiger partial charge in [0.25, 0.3) is 0 Å². The van der Waals surface area contributed by atoms with E-state index in [-0.39, 0.29) is 6.42 Å². The third-order valence-corrected chi connectivity index (χ3v) is 6.68. The number of rotatable bonds is 6. The molecule has 3 aromatic carbocycles. The first-order valence-electron chi connectivity index (χ1n) is 8.70. The van der Waals surface area contributed by atoms with Gasteiger partial charge in [-0.3, -0.25) is 4.21 Å². The molecule has 2 nitrogen and oxygen atoms in total. The second-order valence-electron chi connectivity index (χ2n) is 6.47. The highest BCUT2D eigenvalue weighted by molar-refractivity contribution is 7.87. The van der Waals surface area contributed by atoms with E-state index in [0.29, 0.717) is 4.90 Å². The van der Waals surface area contributed by atoms with E-state index in [4.69, 9.17) is 11.6 Å². The molecule has 0 fully saturated rings. The van der Waals surface area contributed by atoms with Crippen molar-refractivity contribution < 1.29 is 4.21 Å². The highest BCUT2D eigenvalue weighted by Crippen LogP contribution is 2.38. The Morgan fingerprint density at radius 3 is 1.85 bits per heavy atom. The summed E-state index contributed by atoms with van der Waals surface area (Å²) in [5, 5.41) is 10.2. The minimum absolute atomic E-state index is 0.250. The Morgan fingerprint density at radius 2 is 1.41 bits per heavy atom. The van der Waals surface area contributed by atoms with Gasteiger partial charge in [-0.2, -0.15) is 5.26 Å². The molecule has 27 heavy (non-hydrogen) atoms. The molecule has 0 aliphatic heterocycles. The zero-order valence-corrected chi connectivity index (χ0v) is 16.6. The molecule has 3 rings (SSSR count). The fourth-order valence-electron chi connectivity index (χ4n) is 3.16. The van der Waals surface area contributed by atoms with Gasteiger partial charge in [0, 0.05) is 11.3 Å². The predicted octanol–water partition coefficient (Wildman–Crippen LogP) is 5.57. The lowest BCUT2D eigenvalue weighted by molar-refractivity contribution is 0.609. The molecule has 0 saturated carbocycles. The van der Waals surface area contributed by atoms with E-state index in [9.17, 15) is 9.47 Å². The SMILES string of the molecule is Cc1ccc(S(=O)C(Cl)CC(C#N)(c2ccccc2)c2ccccc2)cc1. The molecule has 0 saturated heterocycles. The van der Waals surface area contributed by atoms with Crippen LogP contribution in [0, 0.1) is 18.3 Å². The molecule has 0 spiro atoms. The summed E-state index contributed by atoms with van der Waals surface area (Å²) in [4.78, 5) is 0.675. The number of aryl methyl sites for hydroxylation is 1. The van der Waals surface area contributed by atoms with Crippen molar-refractivity contribution in [2.75, 3.05) is 0 Å². The van der Waals surface area contributed by atoms with Crippen molar-refractivity contribution in [1.82, 2.24) is 0 Å². The van der Waals surface area contributed by atoms with E-state index in [1.807, 2.05) is 91.9 Å². The summed E-state index contributed by atoms with van der Waals surface area (Å²) in [7, 11) is -1.42. The number of hydrogen-bond donors (Lipinski definition) is 0. The van der Waals surface area contributed by atoms with Crippen molar-refractivity contribution in [3.63, 3.8) is 0 Å². The first kappa shape index (κ1) is 19.4. The van der Waals surface area contributed by atoms with Crippen molar-refractivity contribution in [3.05, 3.63) is 102 Å². The van der Waals surface area contributed by atoms with Crippen molar-refractivity contribution in [1.29, 1.82) is 5.26 Å². The number of nitrogens with zero attached hydrogens (tertiary/aromatic N) is 1. The van der Waals surface area contributed by atoms with E-state index < -0.39 is 20.9 Å². The molecular formula is C23H20ClNOS. The van der Waals surface area contributed by atoms with Gasteiger partial charge in [-0.25, -0.2) is 0 Å². The first-order valence-corrected chi connectivity index (χ1v) is 10.4. The van der Waals surface area contributed by atoms with Crippen LogP contribution < -0.4 is 0 Å². The fraction of sp³-hybridized carbons (Fsp3) is 0.174. The van der Waals surface area contributed by atoms with E-state index in [1.54, 1.807) is 0 Å². The summed E-state index contributed by atoms with van der Waals surface area (Å²) in [5.41, 5.74) is 1.84. The third-order valence-electron chi connectivity index (χ3n) is 4.68. The van der Waals surface area contributed by atoms with Gasteiger partial charge < -0.3 is 0 Å². The van der Waals surface area contributed by atoms with Crippen LogP contribution in [-0.2, 0) is 16.2 Å². The molecule has 0 amide bonds. The normalized spacial score (nSPS) is 13.5. The van der Waals surface area contributed by atoms with Crippen LogP contribution in [0.5, 0.6) is 0 Å². The van der Waals surface area contributed by atoms with Gasteiger partial charge in [0.2, 0.25) is 0 Å². The summed E-state index contributed by atoms with van der Waals surface area (Å²) in [6.45, 7) is 1.98. The van der Waals surface area contributed by atoms with E-state index in [1.165, 1.54) is 0 Å². The standard InChI is InChI=1S/C23H20ClNOS/c1-18-12-14-21(15-13-18)27(26)22(24)16-23(17-25,19-8-4-2-5-9-19)20-10-6-3-7-11-20/h2-15,22H,16H2,1H3. The topological polar surface area (TPSA) is 40.9 Å². The van der Waals surface area contributed by atoms with Crippen LogP contribution in [0.4, 0.5) is 0 Å². The molecule has 3 aromatic rings. The number of benzene rings is 3. The molecule has 0 heterocycles. The summed E-state index contributed by atoms with van der Waals surface area (Å²) < 4.78 is 12.3. The van der Waals surface area contributed by atoms with Crippen LogP contribution in [0.2, 0.25) is 0 Å². The fourth-order valence-corrected chi connectivity index (χ4v) is 4.80. The van der Waals surface area contributed by atoms with E-state index in [2.05, 4.69) is 6.07 Å². The lowest BCUT2D eigenvalue weighted by Crippen LogP contribution is -2.31. The molecular weight excluding hydrogens is 374 g/mol. The van der Waals surface area contributed by atoms with Crippen LogP contribution in [0.15, 0.2) is 89.8 Å². The number of hydrogen-bond acceptors (Lipinski definition) is 2. The van der Waals surface area contributed by atoms with Gasteiger partial charge >= 0.3 is 0 Å². The minimum Gasteiger partial charge on any atom is -0.253 e. The maximum Gasteiger partial charge on any atom is 0.115 e. The van der Waals surface area contributed by atoms with E-state index >= 15 is 0 Å². The average molecular weight is 394 g/mol. The lowest BCUT2D eigenvalue weighted by Gasteiger charge is -2.29. The lowest BCUT2D eigenvalue weighted by atomic mass is 9.73. The summed E-state index contributed by atoms with van der Waals surface area (Å²) in [5.74, 6) is 0. The highest BCUT2D eigenvalue weighted by atomic mass is 35.5. The van der Waals surface area contributed by atoms with Crippen LogP contribution in [0.1, 0.15) is 23.1 Å². The van der Waals surface area contributed by atoms with Gasteiger partial charge in [0.05, 0.1) is 16.9 Å². The Bertz CT molecular complexity index is 910. The predicted molar refractivity (Wildman–Crippen MR) is 111 cm³/mol. The van der Waals surface area contributed by atoms with Crippen molar-refractivity contribution >= 4 is 22.4 Å². The molecule has 0 bridgehead atoms. The molecule has 0 aliphatic rings. The Kier molecular flexibility index (Phi) is 6.11. The largest absolute Gasteiger partial charge is 0.253 e. The Balaban J connectivity index is 2.00. The maximum atomic E-state index is 13.0. The maximum absolute atomic E-state index is 13.0. The second-order valence-corrected chi connectivity index (χ2v) is 8.89. The summed E-state index contributed by atoms with van der Waals surface area (Å²) in [6, 6.07) is 29.1.